The Morgan fingerprint density at radius 3 is 2.08 bits per heavy atom. The molecule has 1 N–H and O–H groups in total. The van der Waals surface area contributed by atoms with E-state index in [1.54, 1.807) is 4.31 Å². The van der Waals surface area contributed by atoms with Gasteiger partial charge in [0, 0.05) is 42.2 Å². The van der Waals surface area contributed by atoms with Crippen molar-refractivity contribution in [1.29, 1.82) is 0 Å². The largest absolute Gasteiger partial charge is 0.395 e. The molecule has 3 aromatic rings. The molecule has 6 heteroatoms. The van der Waals surface area contributed by atoms with Crippen LogP contribution in [-0.4, -0.2) is 61.1 Å². The van der Waals surface area contributed by atoms with Gasteiger partial charge < -0.3 is 5.11 Å². The summed E-state index contributed by atoms with van der Waals surface area (Å²) in [5, 5.41) is 10.2. The summed E-state index contributed by atoms with van der Waals surface area (Å²) in [5.41, 5.74) is 3.84. The maximum absolute atomic E-state index is 13.4. The van der Waals surface area contributed by atoms with Crippen molar-refractivity contribution in [3.8, 4) is 11.8 Å². The highest BCUT2D eigenvalue weighted by atomic mass is 32.2. The molecule has 2 aliphatic heterocycles. The van der Waals surface area contributed by atoms with Crippen LogP contribution in [0.4, 0.5) is 0 Å². The molecule has 0 saturated carbocycles. The Labute approximate surface area is 214 Å². The number of nitrogens with zero attached hydrogens (tertiary/aromatic N) is 2. The zero-order valence-electron chi connectivity index (χ0n) is 20.3. The van der Waals surface area contributed by atoms with Crippen LogP contribution in [0.5, 0.6) is 0 Å². The summed E-state index contributed by atoms with van der Waals surface area (Å²) in [7, 11) is -3.44. The van der Waals surface area contributed by atoms with Gasteiger partial charge in [-0.3, -0.25) is 4.90 Å². The summed E-state index contributed by atoms with van der Waals surface area (Å²) in [6.07, 6.45) is 1.75. The molecule has 2 heterocycles. The van der Waals surface area contributed by atoms with Crippen LogP contribution < -0.4 is 0 Å². The van der Waals surface area contributed by atoms with Gasteiger partial charge in [0.2, 0.25) is 10.0 Å². The summed E-state index contributed by atoms with van der Waals surface area (Å²) in [6.45, 7) is 1.95. The van der Waals surface area contributed by atoms with Crippen LogP contribution in [0.1, 0.15) is 41.0 Å². The second-order valence-electron chi connectivity index (χ2n) is 9.63. The first-order valence-corrected chi connectivity index (χ1v) is 14.2. The van der Waals surface area contributed by atoms with E-state index in [4.69, 9.17) is 0 Å². The third-order valence-corrected chi connectivity index (χ3v) is 9.16. The van der Waals surface area contributed by atoms with E-state index < -0.39 is 10.0 Å². The summed E-state index contributed by atoms with van der Waals surface area (Å²) >= 11 is 0. The molecule has 0 aromatic heterocycles. The van der Waals surface area contributed by atoms with E-state index in [0.29, 0.717) is 13.1 Å². The van der Waals surface area contributed by atoms with Crippen molar-refractivity contribution in [2.75, 3.05) is 26.2 Å². The average molecular weight is 501 g/mol. The number of hydrogen-bond donors (Lipinski definition) is 1. The van der Waals surface area contributed by atoms with Crippen LogP contribution in [0.3, 0.4) is 0 Å². The number of fused-ring (bicyclic) bond motifs is 1. The summed E-state index contributed by atoms with van der Waals surface area (Å²) in [6, 6.07) is 27.6. The SMILES string of the molecule is O=S(=O)(Cc1ccccc1)N1CCCCN2[C@H](C1)[C@H](c1ccc(C#Cc3ccccc3)cc1)[C@@H]2CO. The number of aliphatic hydroxyl groups is 1. The fraction of sp³-hybridized carbons (Fsp3) is 0.333. The van der Waals surface area contributed by atoms with Crippen molar-refractivity contribution in [2.24, 2.45) is 0 Å². The fourth-order valence-corrected chi connectivity index (χ4v) is 7.08. The van der Waals surface area contributed by atoms with E-state index in [9.17, 15) is 13.5 Å². The lowest BCUT2D eigenvalue weighted by Crippen LogP contribution is -2.67. The Kier molecular flexibility index (Phi) is 7.54. The molecule has 5 nitrogen and oxygen atoms in total. The molecule has 0 unspecified atom stereocenters. The predicted molar refractivity (Wildman–Crippen MR) is 143 cm³/mol. The molecule has 0 amide bonds. The van der Waals surface area contributed by atoms with Gasteiger partial charge in [0.05, 0.1) is 12.4 Å². The van der Waals surface area contributed by atoms with Gasteiger partial charge in [0.1, 0.15) is 0 Å². The molecular formula is C30H32N2O3S. The molecule has 2 aliphatic rings. The van der Waals surface area contributed by atoms with Gasteiger partial charge in [-0.1, -0.05) is 72.5 Å². The first-order chi connectivity index (χ1) is 17.5. The van der Waals surface area contributed by atoms with Crippen molar-refractivity contribution in [3.63, 3.8) is 0 Å². The van der Waals surface area contributed by atoms with Gasteiger partial charge in [-0.15, -0.1) is 0 Å². The number of rotatable bonds is 5. The second kappa shape index (κ2) is 11.0. The molecule has 0 bridgehead atoms. The van der Waals surface area contributed by atoms with Crippen molar-refractivity contribution in [2.45, 2.75) is 36.6 Å². The normalized spacial score (nSPS) is 22.9. The Hall–Kier alpha value is -2.95. The van der Waals surface area contributed by atoms with E-state index >= 15 is 0 Å². The van der Waals surface area contributed by atoms with Crippen LogP contribution >= 0.6 is 0 Å². The zero-order chi connectivity index (χ0) is 25.0. The van der Waals surface area contributed by atoms with Crippen molar-refractivity contribution in [3.05, 3.63) is 107 Å². The van der Waals surface area contributed by atoms with Crippen LogP contribution in [-0.2, 0) is 15.8 Å². The van der Waals surface area contributed by atoms with Gasteiger partial charge >= 0.3 is 0 Å². The Balaban J connectivity index is 1.35. The fourth-order valence-electron chi connectivity index (χ4n) is 5.49. The van der Waals surface area contributed by atoms with E-state index in [1.165, 1.54) is 0 Å². The van der Waals surface area contributed by atoms with Crippen molar-refractivity contribution in [1.82, 2.24) is 9.21 Å². The van der Waals surface area contributed by atoms with Crippen molar-refractivity contribution < 1.29 is 13.5 Å². The Morgan fingerprint density at radius 2 is 1.42 bits per heavy atom. The Bertz CT molecular complexity index is 1320. The molecule has 0 radical (unpaired) electrons. The molecule has 5 rings (SSSR count). The number of aliphatic hydroxyl groups excluding tert-OH is 1. The zero-order valence-corrected chi connectivity index (χ0v) is 21.1. The van der Waals surface area contributed by atoms with E-state index in [0.717, 1.165) is 41.6 Å². The third kappa shape index (κ3) is 5.40. The highest BCUT2D eigenvalue weighted by Gasteiger charge is 2.50. The summed E-state index contributed by atoms with van der Waals surface area (Å²) in [5.74, 6) is 6.50. The molecular weight excluding hydrogens is 468 g/mol. The van der Waals surface area contributed by atoms with Crippen LogP contribution in [0.25, 0.3) is 0 Å². The maximum Gasteiger partial charge on any atom is 0.218 e. The number of sulfonamides is 1. The molecule has 3 aromatic carbocycles. The minimum absolute atomic E-state index is 0.00744. The van der Waals surface area contributed by atoms with E-state index in [1.807, 2.05) is 72.8 Å². The minimum atomic E-state index is -3.44. The molecule has 186 valence electrons. The number of hydrogen-bond acceptors (Lipinski definition) is 4. The van der Waals surface area contributed by atoms with Gasteiger partial charge in [-0.2, -0.15) is 0 Å². The Morgan fingerprint density at radius 1 is 0.806 bits per heavy atom. The van der Waals surface area contributed by atoms with Gasteiger partial charge in [0.15, 0.2) is 0 Å². The average Bonchev–Trinajstić information content (AvgIpc) is 2.88. The minimum Gasteiger partial charge on any atom is -0.395 e. The van der Waals surface area contributed by atoms with Crippen molar-refractivity contribution >= 4 is 10.0 Å². The van der Waals surface area contributed by atoms with Gasteiger partial charge in [0.25, 0.3) is 0 Å². The third-order valence-electron chi connectivity index (χ3n) is 7.34. The molecule has 0 aliphatic carbocycles. The highest BCUT2D eigenvalue weighted by Crippen LogP contribution is 2.42. The summed E-state index contributed by atoms with van der Waals surface area (Å²) < 4.78 is 28.4. The van der Waals surface area contributed by atoms with Crippen LogP contribution in [0, 0.1) is 11.8 Å². The van der Waals surface area contributed by atoms with Crippen LogP contribution in [0.15, 0.2) is 84.9 Å². The lowest BCUT2D eigenvalue weighted by molar-refractivity contribution is -0.0554. The topological polar surface area (TPSA) is 60.9 Å². The summed E-state index contributed by atoms with van der Waals surface area (Å²) in [4.78, 5) is 2.30. The standard InChI is InChI=1S/C30H32N2O3S/c33-22-29-30(27-17-15-25(16-18-27)14-13-24-9-3-1-4-10-24)28-21-31(19-7-8-20-32(28)29)36(34,35)23-26-11-5-2-6-12-26/h1-6,9-12,15-18,28-30,33H,7-8,19-23H2/t28-,29+,30+/m1/s1. The molecule has 2 saturated heterocycles. The molecule has 0 spiro atoms. The van der Waals surface area contributed by atoms with E-state index in [2.05, 4.69) is 28.9 Å². The lowest BCUT2D eigenvalue weighted by Gasteiger charge is -2.57. The first kappa shape index (κ1) is 24.7. The lowest BCUT2D eigenvalue weighted by atomic mass is 9.74. The first-order valence-electron chi connectivity index (χ1n) is 12.6. The van der Waals surface area contributed by atoms with Gasteiger partial charge in [-0.25, -0.2) is 12.7 Å². The molecule has 2 fully saturated rings. The predicted octanol–water partition coefficient (Wildman–Crippen LogP) is 3.84. The highest BCUT2D eigenvalue weighted by molar-refractivity contribution is 7.88. The maximum atomic E-state index is 13.4. The second-order valence-corrected chi connectivity index (χ2v) is 11.6. The molecule has 3 atom stereocenters. The quantitative estimate of drug-likeness (QED) is 0.541. The number of benzene rings is 3. The van der Waals surface area contributed by atoms with Gasteiger partial charge in [-0.05, 0) is 54.8 Å². The molecule has 36 heavy (non-hydrogen) atoms. The smallest absolute Gasteiger partial charge is 0.218 e. The van der Waals surface area contributed by atoms with Crippen LogP contribution in [0.2, 0.25) is 0 Å². The van der Waals surface area contributed by atoms with E-state index in [-0.39, 0.29) is 30.4 Å². The monoisotopic (exact) mass is 500 g/mol.